The Morgan fingerprint density at radius 2 is 2.08 bits per heavy atom. The molecule has 1 aromatic heterocycles. The fourth-order valence-corrected chi connectivity index (χ4v) is 3.68. The first-order valence-corrected chi connectivity index (χ1v) is 9.06. The number of carbonyl (C=O) groups excluding carboxylic acids is 1. The number of rotatable bonds is 5. The van der Waals surface area contributed by atoms with E-state index in [9.17, 15) is 4.79 Å². The van der Waals surface area contributed by atoms with E-state index in [1.165, 1.54) is 24.0 Å². The highest BCUT2D eigenvalue weighted by Gasteiger charge is 2.36. The standard InChI is InChI=1S/C19H24N4O/c1-2-23-18(20-12-21-23)17(14-8-9-14)22-19(24)16-10-7-13-5-3-4-6-15(13)11-16/h7,10-12,14,17H,2-6,8-9H2,1H3,(H,22,24)/t17-/m1/s1. The highest BCUT2D eigenvalue weighted by molar-refractivity contribution is 5.94. The number of nitrogens with zero attached hydrogens (tertiary/aromatic N) is 3. The van der Waals surface area contributed by atoms with E-state index < -0.39 is 0 Å². The lowest BCUT2D eigenvalue weighted by Gasteiger charge is -2.20. The topological polar surface area (TPSA) is 59.8 Å². The van der Waals surface area contributed by atoms with Crippen LogP contribution in [-0.4, -0.2) is 20.7 Å². The molecule has 4 rings (SSSR count). The highest BCUT2D eigenvalue weighted by Crippen LogP contribution is 2.40. The zero-order valence-electron chi connectivity index (χ0n) is 14.2. The van der Waals surface area contributed by atoms with Crippen molar-refractivity contribution in [2.45, 2.75) is 58.0 Å². The second-order valence-corrected chi connectivity index (χ2v) is 6.91. The molecule has 2 aliphatic rings. The number of carbonyl (C=O) groups is 1. The van der Waals surface area contributed by atoms with Crippen LogP contribution in [0.5, 0.6) is 0 Å². The van der Waals surface area contributed by atoms with Crippen LogP contribution in [0.3, 0.4) is 0 Å². The fourth-order valence-electron chi connectivity index (χ4n) is 3.68. The van der Waals surface area contributed by atoms with E-state index in [1.807, 2.05) is 17.7 Å². The van der Waals surface area contributed by atoms with Crippen LogP contribution >= 0.6 is 0 Å². The predicted molar refractivity (Wildman–Crippen MR) is 91.7 cm³/mol. The van der Waals surface area contributed by atoms with E-state index in [1.54, 1.807) is 6.33 Å². The van der Waals surface area contributed by atoms with E-state index >= 15 is 0 Å². The first kappa shape index (κ1) is 15.4. The van der Waals surface area contributed by atoms with Gasteiger partial charge in [0.05, 0.1) is 6.04 Å². The molecule has 1 amide bonds. The summed E-state index contributed by atoms with van der Waals surface area (Å²) >= 11 is 0. The fraction of sp³-hybridized carbons (Fsp3) is 0.526. The predicted octanol–water partition coefficient (Wildman–Crippen LogP) is 3.06. The smallest absolute Gasteiger partial charge is 0.251 e. The van der Waals surface area contributed by atoms with Gasteiger partial charge in [-0.15, -0.1) is 0 Å². The lowest BCUT2D eigenvalue weighted by molar-refractivity contribution is 0.0928. The number of amides is 1. The Labute approximate surface area is 142 Å². The van der Waals surface area contributed by atoms with Crippen LogP contribution in [-0.2, 0) is 19.4 Å². The first-order valence-electron chi connectivity index (χ1n) is 9.06. The normalized spacial score (nSPS) is 18.0. The molecule has 24 heavy (non-hydrogen) atoms. The molecule has 1 saturated carbocycles. The molecule has 126 valence electrons. The molecule has 1 N–H and O–H groups in total. The maximum Gasteiger partial charge on any atom is 0.251 e. The summed E-state index contributed by atoms with van der Waals surface area (Å²) in [4.78, 5) is 17.2. The van der Waals surface area contributed by atoms with Gasteiger partial charge in [0.1, 0.15) is 12.2 Å². The SMILES string of the molecule is CCn1ncnc1[C@H](NC(=O)c1ccc2c(c1)CCCC2)C1CC1. The van der Waals surface area contributed by atoms with Gasteiger partial charge in [-0.2, -0.15) is 5.10 Å². The van der Waals surface area contributed by atoms with E-state index in [0.29, 0.717) is 5.92 Å². The lowest BCUT2D eigenvalue weighted by atomic mass is 9.90. The van der Waals surface area contributed by atoms with Gasteiger partial charge in [0.15, 0.2) is 0 Å². The van der Waals surface area contributed by atoms with E-state index in [2.05, 4.69) is 27.5 Å². The minimum atomic E-state index is -0.0315. The van der Waals surface area contributed by atoms with Crippen LogP contribution in [0.2, 0.25) is 0 Å². The van der Waals surface area contributed by atoms with Gasteiger partial charge in [0.25, 0.3) is 5.91 Å². The van der Waals surface area contributed by atoms with E-state index in [-0.39, 0.29) is 11.9 Å². The molecule has 2 aliphatic carbocycles. The Balaban J connectivity index is 1.55. The third-order valence-corrected chi connectivity index (χ3v) is 5.21. The summed E-state index contributed by atoms with van der Waals surface area (Å²) in [6.45, 7) is 2.82. The van der Waals surface area contributed by atoms with Crippen molar-refractivity contribution in [1.82, 2.24) is 20.1 Å². The van der Waals surface area contributed by atoms with Crippen molar-refractivity contribution in [3.05, 3.63) is 47.0 Å². The number of nitrogens with one attached hydrogen (secondary N) is 1. The molecule has 1 fully saturated rings. The highest BCUT2D eigenvalue weighted by atomic mass is 16.1. The van der Waals surface area contributed by atoms with Crippen molar-refractivity contribution in [3.8, 4) is 0 Å². The summed E-state index contributed by atoms with van der Waals surface area (Å²) in [5.74, 6) is 1.37. The monoisotopic (exact) mass is 324 g/mol. The first-order chi connectivity index (χ1) is 11.8. The molecule has 1 atom stereocenters. The number of hydrogen-bond donors (Lipinski definition) is 1. The molecule has 2 aromatic rings. The molecule has 0 unspecified atom stereocenters. The molecule has 1 aromatic carbocycles. The van der Waals surface area contributed by atoms with Gasteiger partial charge in [-0.3, -0.25) is 4.79 Å². The maximum absolute atomic E-state index is 12.8. The van der Waals surface area contributed by atoms with Crippen LogP contribution in [0.25, 0.3) is 0 Å². The Kier molecular flexibility index (Phi) is 4.08. The van der Waals surface area contributed by atoms with Gasteiger partial charge < -0.3 is 5.32 Å². The minimum Gasteiger partial charge on any atom is -0.342 e. The van der Waals surface area contributed by atoms with Crippen molar-refractivity contribution < 1.29 is 4.79 Å². The van der Waals surface area contributed by atoms with Crippen LogP contribution in [0, 0.1) is 5.92 Å². The quantitative estimate of drug-likeness (QED) is 0.919. The zero-order valence-corrected chi connectivity index (χ0v) is 14.2. The van der Waals surface area contributed by atoms with E-state index in [4.69, 9.17) is 0 Å². The van der Waals surface area contributed by atoms with Gasteiger partial charge >= 0.3 is 0 Å². The van der Waals surface area contributed by atoms with Gasteiger partial charge in [-0.1, -0.05) is 6.07 Å². The molecule has 0 aliphatic heterocycles. The zero-order chi connectivity index (χ0) is 16.5. The molecule has 5 heteroatoms. The maximum atomic E-state index is 12.8. The molecule has 0 radical (unpaired) electrons. The molecular weight excluding hydrogens is 300 g/mol. The second kappa shape index (κ2) is 6.38. The van der Waals surface area contributed by atoms with Crippen molar-refractivity contribution in [1.29, 1.82) is 0 Å². The Hall–Kier alpha value is -2.17. The van der Waals surface area contributed by atoms with Crippen LogP contribution in [0.4, 0.5) is 0 Å². The molecule has 0 spiro atoms. The second-order valence-electron chi connectivity index (χ2n) is 6.91. The molecule has 5 nitrogen and oxygen atoms in total. The number of hydrogen-bond acceptors (Lipinski definition) is 3. The number of aromatic nitrogens is 3. The molecule has 0 bridgehead atoms. The van der Waals surface area contributed by atoms with Gasteiger partial charge in [0, 0.05) is 12.1 Å². The van der Waals surface area contributed by atoms with Crippen LogP contribution < -0.4 is 5.32 Å². The Morgan fingerprint density at radius 3 is 2.83 bits per heavy atom. The number of fused-ring (bicyclic) bond motifs is 1. The Bertz CT molecular complexity index is 748. The molecule has 1 heterocycles. The average molecular weight is 324 g/mol. The Morgan fingerprint density at radius 1 is 1.29 bits per heavy atom. The van der Waals surface area contributed by atoms with Crippen LogP contribution in [0.1, 0.15) is 66.0 Å². The largest absolute Gasteiger partial charge is 0.342 e. The molecular formula is C19H24N4O. The number of benzene rings is 1. The van der Waals surface area contributed by atoms with Crippen molar-refractivity contribution >= 4 is 5.91 Å². The third kappa shape index (κ3) is 2.95. The summed E-state index contributed by atoms with van der Waals surface area (Å²) in [6.07, 6.45) is 8.59. The van der Waals surface area contributed by atoms with Crippen molar-refractivity contribution in [3.63, 3.8) is 0 Å². The van der Waals surface area contributed by atoms with E-state index in [0.717, 1.165) is 43.6 Å². The van der Waals surface area contributed by atoms with Crippen molar-refractivity contribution in [2.24, 2.45) is 5.92 Å². The minimum absolute atomic E-state index is 0.00549. The summed E-state index contributed by atoms with van der Waals surface area (Å²) in [5.41, 5.74) is 3.51. The summed E-state index contributed by atoms with van der Waals surface area (Å²) in [5, 5.41) is 7.47. The third-order valence-electron chi connectivity index (χ3n) is 5.21. The van der Waals surface area contributed by atoms with Gasteiger partial charge in [-0.25, -0.2) is 9.67 Å². The van der Waals surface area contributed by atoms with Gasteiger partial charge in [-0.05, 0) is 74.6 Å². The molecule has 0 saturated heterocycles. The van der Waals surface area contributed by atoms with Crippen LogP contribution in [0.15, 0.2) is 24.5 Å². The number of aryl methyl sites for hydroxylation is 3. The lowest BCUT2D eigenvalue weighted by Crippen LogP contribution is -2.32. The summed E-state index contributed by atoms with van der Waals surface area (Å²) < 4.78 is 1.89. The summed E-state index contributed by atoms with van der Waals surface area (Å²) in [6, 6.07) is 6.15. The summed E-state index contributed by atoms with van der Waals surface area (Å²) in [7, 11) is 0. The van der Waals surface area contributed by atoms with Crippen molar-refractivity contribution in [2.75, 3.05) is 0 Å². The average Bonchev–Trinajstić information content (AvgIpc) is 3.35. The van der Waals surface area contributed by atoms with Gasteiger partial charge in [0.2, 0.25) is 0 Å².